The second-order valence-electron chi connectivity index (χ2n) is 7.61. The predicted molar refractivity (Wildman–Crippen MR) is 125 cm³/mol. The second kappa shape index (κ2) is 8.73. The van der Waals surface area contributed by atoms with Crippen LogP contribution in [-0.2, 0) is 11.3 Å². The molecule has 0 spiro atoms. The Morgan fingerprint density at radius 1 is 1.13 bits per heavy atom. The topological polar surface area (TPSA) is 73.2 Å². The van der Waals surface area contributed by atoms with Crippen LogP contribution in [0.2, 0.25) is 0 Å². The number of aromatic nitrogens is 2. The zero-order valence-corrected chi connectivity index (χ0v) is 18.4. The molecule has 1 amide bonds. The highest BCUT2D eigenvalue weighted by molar-refractivity contribution is 7.17. The summed E-state index contributed by atoms with van der Waals surface area (Å²) in [5.41, 5.74) is 3.37. The molecule has 158 valence electrons. The van der Waals surface area contributed by atoms with Crippen LogP contribution in [0.5, 0.6) is 5.75 Å². The highest BCUT2D eigenvalue weighted by atomic mass is 32.1. The van der Waals surface area contributed by atoms with Gasteiger partial charge in [-0.2, -0.15) is 0 Å². The average Bonchev–Trinajstić information content (AvgIpc) is 3.17. The number of nitrogens with zero attached hydrogens (tertiary/aromatic N) is 2. The van der Waals surface area contributed by atoms with Crippen molar-refractivity contribution in [3.63, 3.8) is 0 Å². The number of ether oxygens (including phenoxy) is 1. The van der Waals surface area contributed by atoms with Gasteiger partial charge < -0.3 is 10.1 Å². The third-order valence-electron chi connectivity index (χ3n) is 4.75. The van der Waals surface area contributed by atoms with Gasteiger partial charge in [0.05, 0.1) is 17.8 Å². The van der Waals surface area contributed by atoms with E-state index in [1.165, 1.54) is 22.2 Å². The molecule has 0 aliphatic rings. The lowest BCUT2D eigenvalue weighted by Gasteiger charge is -2.11. The predicted octanol–water partition coefficient (Wildman–Crippen LogP) is 4.86. The Morgan fingerprint density at radius 3 is 2.52 bits per heavy atom. The number of fused-ring (bicyclic) bond motifs is 1. The van der Waals surface area contributed by atoms with Crippen molar-refractivity contribution in [1.29, 1.82) is 0 Å². The summed E-state index contributed by atoms with van der Waals surface area (Å²) in [4.78, 5) is 30.7. The zero-order chi connectivity index (χ0) is 22.0. The summed E-state index contributed by atoms with van der Waals surface area (Å²) in [6, 6.07) is 15.2. The largest absolute Gasteiger partial charge is 0.491 e. The molecule has 0 unspecified atom stereocenters. The zero-order valence-electron chi connectivity index (χ0n) is 17.6. The highest BCUT2D eigenvalue weighted by Gasteiger charge is 2.15. The number of thiophene rings is 1. The van der Waals surface area contributed by atoms with E-state index < -0.39 is 0 Å². The number of aryl methyl sites for hydroxylation is 1. The van der Waals surface area contributed by atoms with E-state index in [1.807, 2.05) is 50.4 Å². The van der Waals surface area contributed by atoms with Crippen molar-refractivity contribution >= 4 is 33.1 Å². The summed E-state index contributed by atoms with van der Waals surface area (Å²) in [7, 11) is 0. The molecule has 0 saturated heterocycles. The number of hydrogen-bond donors (Lipinski definition) is 1. The van der Waals surface area contributed by atoms with E-state index in [1.54, 1.807) is 24.3 Å². The Kier molecular flexibility index (Phi) is 5.86. The molecule has 2 aromatic carbocycles. The minimum absolute atomic E-state index is 0.0802. The van der Waals surface area contributed by atoms with Crippen molar-refractivity contribution in [1.82, 2.24) is 9.55 Å². The number of amides is 1. The SMILES string of the molecule is Cc1ccc(-c2csc3ncn(CC(=O)Nc4ccc(OC(C)C)cc4)c(=O)c23)cc1. The van der Waals surface area contributed by atoms with Crippen molar-refractivity contribution in [3.8, 4) is 16.9 Å². The molecule has 31 heavy (non-hydrogen) atoms. The molecule has 2 aromatic heterocycles. The Labute approximate surface area is 184 Å². The fourth-order valence-electron chi connectivity index (χ4n) is 3.27. The number of anilines is 1. The molecule has 7 heteroatoms. The lowest BCUT2D eigenvalue weighted by Crippen LogP contribution is -2.27. The summed E-state index contributed by atoms with van der Waals surface area (Å²) in [5, 5.41) is 5.29. The Bertz CT molecular complexity index is 1270. The quantitative estimate of drug-likeness (QED) is 0.471. The minimum atomic E-state index is -0.298. The van der Waals surface area contributed by atoms with Crippen LogP contribution in [-0.4, -0.2) is 21.6 Å². The van der Waals surface area contributed by atoms with Crippen molar-refractivity contribution in [2.24, 2.45) is 0 Å². The molecule has 4 rings (SSSR count). The maximum Gasteiger partial charge on any atom is 0.263 e. The molecule has 0 atom stereocenters. The van der Waals surface area contributed by atoms with E-state index in [-0.39, 0.29) is 24.1 Å². The van der Waals surface area contributed by atoms with E-state index in [2.05, 4.69) is 10.3 Å². The summed E-state index contributed by atoms with van der Waals surface area (Å²) < 4.78 is 6.95. The number of rotatable bonds is 6. The van der Waals surface area contributed by atoms with Crippen LogP contribution in [0.4, 0.5) is 5.69 Å². The van der Waals surface area contributed by atoms with Gasteiger partial charge in [-0.05, 0) is 50.6 Å². The Morgan fingerprint density at radius 2 is 1.84 bits per heavy atom. The fraction of sp³-hybridized carbons (Fsp3) is 0.208. The van der Waals surface area contributed by atoms with Crippen LogP contribution in [0.1, 0.15) is 19.4 Å². The molecule has 2 heterocycles. The first kappa shape index (κ1) is 20.8. The summed E-state index contributed by atoms with van der Waals surface area (Å²) in [6.07, 6.45) is 1.51. The lowest BCUT2D eigenvalue weighted by atomic mass is 10.1. The average molecular weight is 434 g/mol. The van der Waals surface area contributed by atoms with Gasteiger partial charge in [0, 0.05) is 16.6 Å². The molecule has 6 nitrogen and oxygen atoms in total. The van der Waals surface area contributed by atoms with E-state index in [0.717, 1.165) is 22.4 Å². The molecular formula is C24H23N3O3S. The van der Waals surface area contributed by atoms with Crippen LogP contribution in [0.25, 0.3) is 21.3 Å². The van der Waals surface area contributed by atoms with Crippen molar-refractivity contribution < 1.29 is 9.53 Å². The van der Waals surface area contributed by atoms with E-state index in [9.17, 15) is 9.59 Å². The van der Waals surface area contributed by atoms with Crippen molar-refractivity contribution in [3.05, 3.63) is 76.2 Å². The molecule has 1 N–H and O–H groups in total. The van der Waals surface area contributed by atoms with Gasteiger partial charge in [0.2, 0.25) is 5.91 Å². The molecule has 0 radical (unpaired) electrons. The first-order valence-electron chi connectivity index (χ1n) is 10.0. The molecular weight excluding hydrogens is 410 g/mol. The Balaban J connectivity index is 1.55. The third kappa shape index (κ3) is 4.67. The number of benzene rings is 2. The summed E-state index contributed by atoms with van der Waals surface area (Å²) >= 11 is 1.43. The standard InChI is InChI=1S/C24H23N3O3S/c1-15(2)30-19-10-8-18(9-11-19)26-21(28)12-27-14-25-23-22(24(27)29)20(13-31-23)17-6-4-16(3)5-7-17/h4-11,13-15H,12H2,1-3H3,(H,26,28). The van der Waals surface area contributed by atoms with Gasteiger partial charge in [-0.3, -0.25) is 14.2 Å². The van der Waals surface area contributed by atoms with Crippen LogP contribution in [0.3, 0.4) is 0 Å². The summed E-state index contributed by atoms with van der Waals surface area (Å²) in [6.45, 7) is 5.81. The van der Waals surface area contributed by atoms with Gasteiger partial charge in [0.25, 0.3) is 5.56 Å². The summed E-state index contributed by atoms with van der Waals surface area (Å²) in [5.74, 6) is 0.438. The van der Waals surface area contributed by atoms with Crippen LogP contribution in [0, 0.1) is 6.92 Å². The normalized spacial score (nSPS) is 11.1. The van der Waals surface area contributed by atoms with Gasteiger partial charge in [0.1, 0.15) is 17.1 Å². The van der Waals surface area contributed by atoms with Crippen LogP contribution in [0.15, 0.2) is 65.0 Å². The Hall–Kier alpha value is -3.45. The first-order valence-corrected chi connectivity index (χ1v) is 10.9. The van der Waals surface area contributed by atoms with E-state index >= 15 is 0 Å². The first-order chi connectivity index (χ1) is 14.9. The molecule has 0 bridgehead atoms. The number of nitrogens with one attached hydrogen (secondary N) is 1. The van der Waals surface area contributed by atoms with Gasteiger partial charge in [-0.25, -0.2) is 4.98 Å². The van der Waals surface area contributed by atoms with Gasteiger partial charge in [-0.15, -0.1) is 11.3 Å². The van der Waals surface area contributed by atoms with E-state index in [4.69, 9.17) is 4.74 Å². The lowest BCUT2D eigenvalue weighted by molar-refractivity contribution is -0.116. The molecule has 0 fully saturated rings. The number of hydrogen-bond acceptors (Lipinski definition) is 5. The van der Waals surface area contributed by atoms with Crippen LogP contribution < -0.4 is 15.6 Å². The molecule has 0 aliphatic heterocycles. The molecule has 0 saturated carbocycles. The smallest absolute Gasteiger partial charge is 0.263 e. The minimum Gasteiger partial charge on any atom is -0.491 e. The van der Waals surface area contributed by atoms with Gasteiger partial charge in [0.15, 0.2) is 0 Å². The van der Waals surface area contributed by atoms with Crippen molar-refractivity contribution in [2.45, 2.75) is 33.4 Å². The maximum atomic E-state index is 13.1. The number of carbonyl (C=O) groups is 1. The monoisotopic (exact) mass is 433 g/mol. The maximum absolute atomic E-state index is 13.1. The van der Waals surface area contributed by atoms with Gasteiger partial charge >= 0.3 is 0 Å². The number of carbonyl (C=O) groups excluding carboxylic acids is 1. The molecule has 0 aliphatic carbocycles. The molecule has 4 aromatic rings. The fourth-order valence-corrected chi connectivity index (χ4v) is 4.18. The second-order valence-corrected chi connectivity index (χ2v) is 8.47. The highest BCUT2D eigenvalue weighted by Crippen LogP contribution is 2.30. The van der Waals surface area contributed by atoms with E-state index in [0.29, 0.717) is 15.9 Å². The van der Waals surface area contributed by atoms with Crippen LogP contribution >= 0.6 is 11.3 Å². The third-order valence-corrected chi connectivity index (χ3v) is 5.63. The van der Waals surface area contributed by atoms with Crippen molar-refractivity contribution in [2.75, 3.05) is 5.32 Å². The van der Waals surface area contributed by atoms with Gasteiger partial charge in [-0.1, -0.05) is 29.8 Å².